The molecular formula is C17H24N2S. The zero-order chi connectivity index (χ0) is 14.2. The van der Waals surface area contributed by atoms with Crippen molar-refractivity contribution in [3.05, 3.63) is 46.5 Å². The number of aryl methyl sites for hydroxylation is 2. The van der Waals surface area contributed by atoms with E-state index >= 15 is 0 Å². The SMILES string of the molecule is CCCCCc1ccc(CCNc2ncc(C)s2)cc1. The van der Waals surface area contributed by atoms with E-state index in [4.69, 9.17) is 0 Å². The number of nitrogens with zero attached hydrogens (tertiary/aromatic N) is 1. The topological polar surface area (TPSA) is 24.9 Å². The highest BCUT2D eigenvalue weighted by Crippen LogP contribution is 2.16. The lowest BCUT2D eigenvalue weighted by molar-refractivity contribution is 0.717. The summed E-state index contributed by atoms with van der Waals surface area (Å²) < 4.78 is 0. The van der Waals surface area contributed by atoms with Crippen LogP contribution in [-0.2, 0) is 12.8 Å². The molecule has 3 heteroatoms. The largest absolute Gasteiger partial charge is 0.361 e. The molecule has 0 spiro atoms. The van der Waals surface area contributed by atoms with Crippen LogP contribution in [0.5, 0.6) is 0 Å². The minimum absolute atomic E-state index is 0.947. The Bertz CT molecular complexity index is 502. The van der Waals surface area contributed by atoms with Gasteiger partial charge < -0.3 is 5.32 Å². The van der Waals surface area contributed by atoms with Gasteiger partial charge >= 0.3 is 0 Å². The Labute approximate surface area is 126 Å². The number of unbranched alkanes of at least 4 members (excludes halogenated alkanes) is 2. The van der Waals surface area contributed by atoms with Crippen LogP contribution in [-0.4, -0.2) is 11.5 Å². The third-order valence-corrected chi connectivity index (χ3v) is 4.27. The van der Waals surface area contributed by atoms with Crippen LogP contribution in [0.1, 0.15) is 42.2 Å². The normalized spacial score (nSPS) is 10.7. The van der Waals surface area contributed by atoms with Crippen LogP contribution in [0.3, 0.4) is 0 Å². The number of rotatable bonds is 8. The number of aromatic nitrogens is 1. The van der Waals surface area contributed by atoms with E-state index in [1.54, 1.807) is 11.3 Å². The number of benzene rings is 1. The molecule has 0 saturated heterocycles. The second kappa shape index (κ2) is 8.05. The Morgan fingerprint density at radius 1 is 1.05 bits per heavy atom. The predicted molar refractivity (Wildman–Crippen MR) is 88.7 cm³/mol. The molecule has 1 aromatic heterocycles. The van der Waals surface area contributed by atoms with Crippen LogP contribution in [0.2, 0.25) is 0 Å². The Kier molecular flexibility index (Phi) is 6.06. The van der Waals surface area contributed by atoms with E-state index in [0.29, 0.717) is 0 Å². The number of hydrogen-bond donors (Lipinski definition) is 1. The van der Waals surface area contributed by atoms with Crippen molar-refractivity contribution in [2.45, 2.75) is 46.0 Å². The first kappa shape index (κ1) is 15.0. The molecule has 0 saturated carbocycles. The van der Waals surface area contributed by atoms with Crippen LogP contribution in [0.15, 0.2) is 30.5 Å². The molecule has 0 aliphatic heterocycles. The fraction of sp³-hybridized carbons (Fsp3) is 0.471. The monoisotopic (exact) mass is 288 g/mol. The summed E-state index contributed by atoms with van der Waals surface area (Å²) in [6, 6.07) is 9.07. The van der Waals surface area contributed by atoms with Crippen molar-refractivity contribution in [2.24, 2.45) is 0 Å². The number of hydrogen-bond acceptors (Lipinski definition) is 3. The van der Waals surface area contributed by atoms with Crippen LogP contribution >= 0.6 is 11.3 Å². The lowest BCUT2D eigenvalue weighted by atomic mass is 10.0. The van der Waals surface area contributed by atoms with Crippen LogP contribution in [0.25, 0.3) is 0 Å². The van der Waals surface area contributed by atoms with Gasteiger partial charge in [0.1, 0.15) is 0 Å². The Hall–Kier alpha value is -1.35. The van der Waals surface area contributed by atoms with Crippen LogP contribution in [0.4, 0.5) is 5.13 Å². The second-order valence-corrected chi connectivity index (χ2v) is 6.46. The molecule has 1 aromatic carbocycles. The van der Waals surface area contributed by atoms with Crippen LogP contribution in [0, 0.1) is 6.92 Å². The summed E-state index contributed by atoms with van der Waals surface area (Å²) in [6.07, 6.45) is 8.11. The smallest absolute Gasteiger partial charge is 0.182 e. The molecular weight excluding hydrogens is 264 g/mol. The van der Waals surface area contributed by atoms with Gasteiger partial charge in [-0.05, 0) is 37.3 Å². The summed E-state index contributed by atoms with van der Waals surface area (Å²) in [4.78, 5) is 5.56. The molecule has 2 nitrogen and oxygen atoms in total. The predicted octanol–water partition coefficient (Wildman–Crippen LogP) is 4.84. The minimum atomic E-state index is 0.947. The molecule has 0 amide bonds. The van der Waals surface area contributed by atoms with E-state index in [0.717, 1.165) is 18.1 Å². The average molecular weight is 288 g/mol. The second-order valence-electron chi connectivity index (χ2n) is 5.23. The molecule has 2 aromatic rings. The molecule has 0 radical (unpaired) electrons. The highest BCUT2D eigenvalue weighted by molar-refractivity contribution is 7.15. The fourth-order valence-corrected chi connectivity index (χ4v) is 2.89. The van der Waals surface area contributed by atoms with E-state index in [2.05, 4.69) is 48.4 Å². The molecule has 0 atom stereocenters. The van der Waals surface area contributed by atoms with Gasteiger partial charge in [0, 0.05) is 17.6 Å². The molecule has 0 bridgehead atoms. The van der Waals surface area contributed by atoms with Gasteiger partial charge in [0.05, 0.1) is 0 Å². The quantitative estimate of drug-likeness (QED) is 0.703. The van der Waals surface area contributed by atoms with Crippen molar-refractivity contribution in [1.82, 2.24) is 4.98 Å². The van der Waals surface area contributed by atoms with E-state index < -0.39 is 0 Å². The maximum absolute atomic E-state index is 4.31. The summed E-state index contributed by atoms with van der Waals surface area (Å²) in [5, 5.41) is 4.40. The van der Waals surface area contributed by atoms with Gasteiger partial charge in [-0.15, -0.1) is 11.3 Å². The first-order valence-electron chi connectivity index (χ1n) is 7.52. The van der Waals surface area contributed by atoms with E-state index in [-0.39, 0.29) is 0 Å². The maximum Gasteiger partial charge on any atom is 0.182 e. The maximum atomic E-state index is 4.31. The van der Waals surface area contributed by atoms with Crippen molar-refractivity contribution in [3.8, 4) is 0 Å². The van der Waals surface area contributed by atoms with E-state index in [1.807, 2.05) is 6.20 Å². The van der Waals surface area contributed by atoms with Crippen molar-refractivity contribution in [3.63, 3.8) is 0 Å². The summed E-state index contributed by atoms with van der Waals surface area (Å²) in [6.45, 7) is 5.28. The Morgan fingerprint density at radius 3 is 2.35 bits per heavy atom. The lowest BCUT2D eigenvalue weighted by Crippen LogP contribution is -2.04. The molecule has 1 heterocycles. The first-order chi connectivity index (χ1) is 9.78. The van der Waals surface area contributed by atoms with Gasteiger partial charge in [-0.3, -0.25) is 0 Å². The molecule has 1 N–H and O–H groups in total. The van der Waals surface area contributed by atoms with Gasteiger partial charge in [-0.2, -0.15) is 0 Å². The summed E-state index contributed by atoms with van der Waals surface area (Å²) in [5.74, 6) is 0. The fourth-order valence-electron chi connectivity index (χ4n) is 2.20. The van der Waals surface area contributed by atoms with Crippen molar-refractivity contribution < 1.29 is 0 Å². The van der Waals surface area contributed by atoms with Gasteiger partial charge in [0.25, 0.3) is 0 Å². The highest BCUT2D eigenvalue weighted by atomic mass is 32.1. The first-order valence-corrected chi connectivity index (χ1v) is 8.33. The van der Waals surface area contributed by atoms with Crippen LogP contribution < -0.4 is 5.32 Å². The molecule has 108 valence electrons. The third kappa shape index (κ3) is 4.97. The molecule has 0 aliphatic carbocycles. The number of nitrogens with one attached hydrogen (secondary N) is 1. The minimum Gasteiger partial charge on any atom is -0.361 e. The van der Waals surface area contributed by atoms with Gasteiger partial charge in [-0.25, -0.2) is 4.98 Å². The third-order valence-electron chi connectivity index (χ3n) is 3.40. The van der Waals surface area contributed by atoms with Crippen molar-refractivity contribution in [1.29, 1.82) is 0 Å². The van der Waals surface area contributed by atoms with Gasteiger partial charge in [0.2, 0.25) is 0 Å². The van der Waals surface area contributed by atoms with Gasteiger partial charge in [0.15, 0.2) is 5.13 Å². The lowest BCUT2D eigenvalue weighted by Gasteiger charge is -2.05. The van der Waals surface area contributed by atoms with Crippen molar-refractivity contribution >= 4 is 16.5 Å². The summed E-state index contributed by atoms with van der Waals surface area (Å²) >= 11 is 1.71. The zero-order valence-electron chi connectivity index (χ0n) is 12.5. The number of anilines is 1. The molecule has 0 aliphatic rings. The Morgan fingerprint density at radius 2 is 1.75 bits per heavy atom. The molecule has 20 heavy (non-hydrogen) atoms. The zero-order valence-corrected chi connectivity index (χ0v) is 13.3. The summed E-state index contributed by atoms with van der Waals surface area (Å²) in [7, 11) is 0. The number of thiazole rings is 1. The average Bonchev–Trinajstić information content (AvgIpc) is 2.87. The molecule has 0 fully saturated rings. The molecule has 0 unspecified atom stereocenters. The van der Waals surface area contributed by atoms with Crippen molar-refractivity contribution in [2.75, 3.05) is 11.9 Å². The van der Waals surface area contributed by atoms with E-state index in [1.165, 1.54) is 41.7 Å². The van der Waals surface area contributed by atoms with E-state index in [9.17, 15) is 0 Å². The Balaban J connectivity index is 1.73. The standard InChI is InChI=1S/C17H24N2S/c1-3-4-5-6-15-7-9-16(10-8-15)11-12-18-17-19-13-14(2)20-17/h7-10,13H,3-6,11-12H2,1-2H3,(H,18,19). The summed E-state index contributed by atoms with van der Waals surface area (Å²) in [5.41, 5.74) is 2.86. The molecule has 2 rings (SSSR count). The highest BCUT2D eigenvalue weighted by Gasteiger charge is 1.99. The van der Waals surface area contributed by atoms with Gasteiger partial charge in [-0.1, -0.05) is 44.0 Å².